The molecule has 4 nitrogen and oxygen atoms in total. The summed E-state index contributed by atoms with van der Waals surface area (Å²) in [5, 5.41) is 3.68. The quantitative estimate of drug-likeness (QED) is 0.588. The number of carbonyl (C=O) groups is 1. The first-order valence-electron chi connectivity index (χ1n) is 10.1. The Bertz CT molecular complexity index is 1030. The Labute approximate surface area is 172 Å². The molecule has 29 heavy (non-hydrogen) atoms. The summed E-state index contributed by atoms with van der Waals surface area (Å²) >= 11 is 0. The van der Waals surface area contributed by atoms with Crippen molar-refractivity contribution in [3.63, 3.8) is 0 Å². The number of fused-ring (bicyclic) bond motifs is 1. The molecule has 0 spiro atoms. The minimum absolute atomic E-state index is 0.00823. The van der Waals surface area contributed by atoms with E-state index >= 15 is 0 Å². The normalized spacial score (nSPS) is 15.3. The maximum absolute atomic E-state index is 13.3. The van der Waals surface area contributed by atoms with Gasteiger partial charge in [-0.15, -0.1) is 0 Å². The molecule has 0 fully saturated rings. The van der Waals surface area contributed by atoms with Gasteiger partial charge in [-0.1, -0.05) is 43.3 Å². The lowest BCUT2D eigenvalue weighted by atomic mass is 10.0. The van der Waals surface area contributed by atoms with Crippen molar-refractivity contribution in [2.75, 3.05) is 16.8 Å². The fourth-order valence-electron chi connectivity index (χ4n) is 3.96. The number of rotatable bonds is 6. The Morgan fingerprint density at radius 3 is 2.45 bits per heavy atom. The van der Waals surface area contributed by atoms with Gasteiger partial charge in [0.1, 0.15) is 11.9 Å². The third kappa shape index (κ3) is 3.46. The minimum Gasteiger partial charge on any atom is -0.494 e. The van der Waals surface area contributed by atoms with Crippen LogP contribution in [-0.2, 0) is 6.42 Å². The highest BCUT2D eigenvalue weighted by atomic mass is 16.5. The van der Waals surface area contributed by atoms with Crippen molar-refractivity contribution in [2.24, 2.45) is 0 Å². The molecule has 3 aromatic rings. The molecule has 0 saturated carbocycles. The molecule has 0 aromatic heterocycles. The first-order chi connectivity index (χ1) is 14.1. The largest absolute Gasteiger partial charge is 0.494 e. The fraction of sp³-hybridized carbons (Fsp3) is 0.240. The number of aryl methyl sites for hydroxylation is 2. The summed E-state index contributed by atoms with van der Waals surface area (Å²) in [7, 11) is 0. The molecule has 3 aromatic carbocycles. The van der Waals surface area contributed by atoms with Crippen molar-refractivity contribution in [2.45, 2.75) is 33.4 Å². The molecule has 4 rings (SSSR count). The molecule has 1 aliphatic rings. The molecule has 148 valence electrons. The van der Waals surface area contributed by atoms with Gasteiger partial charge < -0.3 is 10.1 Å². The first-order valence-corrected chi connectivity index (χ1v) is 10.1. The van der Waals surface area contributed by atoms with Crippen LogP contribution in [0.25, 0.3) is 0 Å². The Morgan fingerprint density at radius 2 is 1.72 bits per heavy atom. The van der Waals surface area contributed by atoms with Crippen molar-refractivity contribution < 1.29 is 9.53 Å². The van der Waals surface area contributed by atoms with E-state index in [0.29, 0.717) is 6.61 Å². The molecule has 0 aliphatic carbocycles. The molecule has 0 bridgehead atoms. The Balaban J connectivity index is 1.77. The van der Waals surface area contributed by atoms with Gasteiger partial charge in [0, 0.05) is 22.5 Å². The lowest BCUT2D eigenvalue weighted by Crippen LogP contribution is -2.32. The zero-order valence-electron chi connectivity index (χ0n) is 17.1. The molecule has 0 unspecified atom stereocenters. The SMILES string of the molecule is CCOc1ccc(N2C(=O)c3ccccc3[C@@H]2Nc2c(C)cccc2CC)cc1. The number of ether oxygens (including phenoxy) is 1. The van der Waals surface area contributed by atoms with E-state index in [-0.39, 0.29) is 12.1 Å². The summed E-state index contributed by atoms with van der Waals surface area (Å²) in [4.78, 5) is 15.1. The summed E-state index contributed by atoms with van der Waals surface area (Å²) in [6.07, 6.45) is 0.665. The van der Waals surface area contributed by atoms with E-state index in [1.807, 2.05) is 60.4 Å². The minimum atomic E-state index is -0.261. The highest BCUT2D eigenvalue weighted by Gasteiger charge is 2.38. The van der Waals surface area contributed by atoms with E-state index in [4.69, 9.17) is 4.74 Å². The van der Waals surface area contributed by atoms with Crippen molar-refractivity contribution >= 4 is 17.3 Å². The predicted molar refractivity (Wildman–Crippen MR) is 118 cm³/mol. The third-order valence-corrected chi connectivity index (χ3v) is 5.41. The van der Waals surface area contributed by atoms with Gasteiger partial charge in [-0.05, 0) is 61.7 Å². The van der Waals surface area contributed by atoms with Crippen molar-refractivity contribution in [3.05, 3.63) is 89.0 Å². The number of amides is 1. The Morgan fingerprint density at radius 1 is 0.966 bits per heavy atom. The average Bonchev–Trinajstić information content (AvgIpc) is 3.02. The number of para-hydroxylation sites is 1. The van der Waals surface area contributed by atoms with Gasteiger partial charge in [0.15, 0.2) is 0 Å². The smallest absolute Gasteiger partial charge is 0.260 e. The molecule has 0 saturated heterocycles. The summed E-state index contributed by atoms with van der Waals surface area (Å²) in [6.45, 7) is 6.83. The number of hydrogen-bond acceptors (Lipinski definition) is 3. The summed E-state index contributed by atoms with van der Waals surface area (Å²) in [5.74, 6) is 0.811. The Kier molecular flexibility index (Phi) is 5.26. The lowest BCUT2D eigenvalue weighted by molar-refractivity contribution is 0.0993. The van der Waals surface area contributed by atoms with Crippen LogP contribution in [0.15, 0.2) is 66.7 Å². The monoisotopic (exact) mass is 386 g/mol. The van der Waals surface area contributed by atoms with Crippen LogP contribution in [0.4, 0.5) is 11.4 Å². The van der Waals surface area contributed by atoms with Crippen LogP contribution in [0, 0.1) is 6.92 Å². The number of carbonyl (C=O) groups excluding carboxylic acids is 1. The number of nitrogens with zero attached hydrogens (tertiary/aromatic N) is 1. The van der Waals surface area contributed by atoms with Gasteiger partial charge in [-0.25, -0.2) is 0 Å². The summed E-state index contributed by atoms with van der Waals surface area (Å²) < 4.78 is 5.56. The second-order valence-corrected chi connectivity index (χ2v) is 7.20. The standard InChI is InChI=1S/C25H26N2O2/c1-4-18-10-8-9-17(3)23(18)26-24-21-11-6-7-12-22(21)25(28)27(24)19-13-15-20(16-14-19)29-5-2/h6-16,24,26H,4-5H2,1-3H3/t24-/m1/s1. The number of anilines is 2. The van der Waals surface area contributed by atoms with Crippen molar-refractivity contribution in [1.82, 2.24) is 0 Å². The van der Waals surface area contributed by atoms with Crippen LogP contribution in [0.2, 0.25) is 0 Å². The van der Waals surface area contributed by atoms with Crippen LogP contribution < -0.4 is 15.0 Å². The van der Waals surface area contributed by atoms with E-state index in [0.717, 1.165) is 34.7 Å². The van der Waals surface area contributed by atoms with Crippen LogP contribution in [0.3, 0.4) is 0 Å². The van der Waals surface area contributed by atoms with Gasteiger partial charge in [0.2, 0.25) is 0 Å². The number of nitrogens with one attached hydrogen (secondary N) is 1. The highest BCUT2D eigenvalue weighted by Crippen LogP contribution is 2.39. The lowest BCUT2D eigenvalue weighted by Gasteiger charge is -2.29. The van der Waals surface area contributed by atoms with Gasteiger partial charge in [-0.2, -0.15) is 0 Å². The zero-order valence-corrected chi connectivity index (χ0v) is 17.1. The second-order valence-electron chi connectivity index (χ2n) is 7.20. The van der Waals surface area contributed by atoms with E-state index in [1.165, 1.54) is 11.1 Å². The van der Waals surface area contributed by atoms with E-state index in [2.05, 4.69) is 37.4 Å². The maximum atomic E-state index is 13.3. The average molecular weight is 386 g/mol. The summed E-state index contributed by atoms with van der Waals surface area (Å²) in [6, 6.07) is 21.9. The maximum Gasteiger partial charge on any atom is 0.260 e. The van der Waals surface area contributed by atoms with Crippen LogP contribution in [0.1, 0.15) is 47.1 Å². The van der Waals surface area contributed by atoms with E-state index < -0.39 is 0 Å². The van der Waals surface area contributed by atoms with Gasteiger partial charge in [-0.3, -0.25) is 9.69 Å². The molecule has 0 radical (unpaired) electrons. The number of benzene rings is 3. The molecule has 1 atom stereocenters. The topological polar surface area (TPSA) is 41.6 Å². The molecular weight excluding hydrogens is 360 g/mol. The second kappa shape index (κ2) is 8.00. The molecule has 1 N–H and O–H groups in total. The molecule has 1 heterocycles. The molecule has 1 amide bonds. The van der Waals surface area contributed by atoms with Crippen molar-refractivity contribution in [3.8, 4) is 5.75 Å². The van der Waals surface area contributed by atoms with E-state index in [1.54, 1.807) is 0 Å². The Hall–Kier alpha value is -3.27. The fourth-order valence-corrected chi connectivity index (χ4v) is 3.96. The van der Waals surface area contributed by atoms with Crippen LogP contribution in [0.5, 0.6) is 5.75 Å². The molecule has 4 heteroatoms. The number of hydrogen-bond donors (Lipinski definition) is 1. The summed E-state index contributed by atoms with van der Waals surface area (Å²) in [5.41, 5.74) is 6.10. The van der Waals surface area contributed by atoms with Crippen molar-refractivity contribution in [1.29, 1.82) is 0 Å². The zero-order chi connectivity index (χ0) is 20.4. The van der Waals surface area contributed by atoms with E-state index in [9.17, 15) is 4.79 Å². The van der Waals surface area contributed by atoms with Gasteiger partial charge in [0.05, 0.1) is 6.61 Å². The molecule has 1 aliphatic heterocycles. The first kappa shape index (κ1) is 19.1. The van der Waals surface area contributed by atoms with Crippen LogP contribution in [-0.4, -0.2) is 12.5 Å². The van der Waals surface area contributed by atoms with Crippen LogP contribution >= 0.6 is 0 Å². The molecular formula is C25H26N2O2. The van der Waals surface area contributed by atoms with Gasteiger partial charge >= 0.3 is 0 Å². The van der Waals surface area contributed by atoms with Gasteiger partial charge in [0.25, 0.3) is 5.91 Å². The third-order valence-electron chi connectivity index (χ3n) is 5.41. The predicted octanol–water partition coefficient (Wildman–Crippen LogP) is 5.73. The highest BCUT2D eigenvalue weighted by molar-refractivity contribution is 6.11.